The van der Waals surface area contributed by atoms with Gasteiger partial charge in [-0.2, -0.15) is 0 Å². The number of amides is 3. The fraction of sp³-hybridized carbons (Fsp3) is 0.846. The summed E-state index contributed by atoms with van der Waals surface area (Å²) in [5.41, 5.74) is -0.643. The van der Waals surface area contributed by atoms with Crippen LogP contribution in [0.15, 0.2) is 0 Å². The number of hydrogen-bond donors (Lipinski definition) is 1. The Kier molecular flexibility index (Phi) is 4.68. The molecule has 1 spiro atoms. The molecule has 0 aromatic heterocycles. The van der Waals surface area contributed by atoms with Crippen molar-refractivity contribution in [1.29, 1.82) is 0 Å². The second-order valence-electron chi connectivity index (χ2n) is 5.45. The van der Waals surface area contributed by atoms with E-state index >= 15 is 0 Å². The molecule has 1 heterocycles. The lowest BCUT2D eigenvalue weighted by Gasteiger charge is -2.33. The molecule has 19 heavy (non-hydrogen) atoms. The minimum Gasteiger partial charge on any atom is -0.378 e. The van der Waals surface area contributed by atoms with Gasteiger partial charge in [0, 0.05) is 5.88 Å². The van der Waals surface area contributed by atoms with Gasteiger partial charge < -0.3 is 10.1 Å². The van der Waals surface area contributed by atoms with Crippen LogP contribution < -0.4 is 5.32 Å². The monoisotopic (exact) mass is 288 g/mol. The van der Waals surface area contributed by atoms with Crippen molar-refractivity contribution in [2.24, 2.45) is 5.92 Å². The minimum absolute atomic E-state index is 0.0844. The first kappa shape index (κ1) is 14.6. The molecule has 2 aliphatic rings. The number of alkyl halides is 1. The summed E-state index contributed by atoms with van der Waals surface area (Å²) in [6.07, 6.45) is 3.47. The van der Waals surface area contributed by atoms with Crippen LogP contribution in [-0.4, -0.2) is 48.0 Å². The van der Waals surface area contributed by atoms with Crippen molar-refractivity contribution in [3.05, 3.63) is 0 Å². The highest BCUT2D eigenvalue weighted by Gasteiger charge is 2.51. The molecular weight excluding hydrogens is 268 g/mol. The molecule has 0 radical (unpaired) electrons. The summed E-state index contributed by atoms with van der Waals surface area (Å²) in [6, 6.07) is -0.283. The highest BCUT2D eigenvalue weighted by molar-refractivity contribution is 6.17. The minimum atomic E-state index is -0.643. The summed E-state index contributed by atoms with van der Waals surface area (Å²) in [5.74, 6) is 0.970. The molecule has 1 saturated heterocycles. The van der Waals surface area contributed by atoms with Gasteiger partial charge in [0.2, 0.25) is 0 Å². The van der Waals surface area contributed by atoms with Crippen molar-refractivity contribution >= 4 is 23.5 Å². The van der Waals surface area contributed by atoms with Crippen molar-refractivity contribution in [2.75, 3.05) is 25.6 Å². The van der Waals surface area contributed by atoms with E-state index in [-0.39, 0.29) is 11.9 Å². The Hall–Kier alpha value is -0.810. The van der Waals surface area contributed by atoms with E-state index in [4.69, 9.17) is 16.3 Å². The molecule has 3 amide bonds. The number of halogens is 1. The van der Waals surface area contributed by atoms with E-state index in [2.05, 4.69) is 12.2 Å². The lowest BCUT2D eigenvalue weighted by atomic mass is 9.77. The molecular formula is C13H21ClN2O3. The molecule has 2 rings (SSSR count). The Morgan fingerprint density at radius 1 is 1.37 bits per heavy atom. The number of carbonyl (C=O) groups excluding carboxylic acids is 2. The van der Waals surface area contributed by atoms with Crippen molar-refractivity contribution in [3.8, 4) is 0 Å². The van der Waals surface area contributed by atoms with E-state index in [0.29, 0.717) is 31.6 Å². The summed E-state index contributed by atoms with van der Waals surface area (Å²) in [7, 11) is 0. The Morgan fingerprint density at radius 2 is 2.05 bits per heavy atom. The van der Waals surface area contributed by atoms with E-state index in [0.717, 1.165) is 25.7 Å². The third kappa shape index (κ3) is 3.03. The van der Waals surface area contributed by atoms with E-state index < -0.39 is 5.54 Å². The summed E-state index contributed by atoms with van der Waals surface area (Å²) >= 11 is 5.50. The first-order valence-electron chi connectivity index (χ1n) is 6.87. The maximum atomic E-state index is 12.4. The van der Waals surface area contributed by atoms with E-state index in [1.54, 1.807) is 0 Å². The summed E-state index contributed by atoms with van der Waals surface area (Å²) in [5, 5.41) is 2.89. The zero-order valence-corrected chi connectivity index (χ0v) is 12.0. The number of imide groups is 1. The Balaban J connectivity index is 1.92. The lowest BCUT2D eigenvalue weighted by Crippen LogP contribution is -2.49. The van der Waals surface area contributed by atoms with Crippen LogP contribution in [0.4, 0.5) is 4.79 Å². The molecule has 1 saturated carbocycles. The molecule has 1 aliphatic carbocycles. The molecule has 1 aliphatic heterocycles. The number of rotatable bonds is 5. The summed E-state index contributed by atoms with van der Waals surface area (Å²) < 4.78 is 5.23. The number of nitrogens with zero attached hydrogens (tertiary/aromatic N) is 1. The van der Waals surface area contributed by atoms with Gasteiger partial charge in [-0.15, -0.1) is 11.6 Å². The van der Waals surface area contributed by atoms with Gasteiger partial charge >= 0.3 is 6.03 Å². The molecule has 5 nitrogen and oxygen atoms in total. The number of urea groups is 1. The second kappa shape index (κ2) is 6.09. The Bertz CT molecular complexity index is 354. The first-order chi connectivity index (χ1) is 9.09. The van der Waals surface area contributed by atoms with Gasteiger partial charge in [0.1, 0.15) is 5.54 Å². The van der Waals surface area contributed by atoms with E-state index in [1.807, 2.05) is 0 Å². The zero-order valence-electron chi connectivity index (χ0n) is 11.3. The lowest BCUT2D eigenvalue weighted by molar-refractivity contribution is -0.133. The van der Waals surface area contributed by atoms with Crippen molar-refractivity contribution in [3.63, 3.8) is 0 Å². The van der Waals surface area contributed by atoms with Gasteiger partial charge in [0.15, 0.2) is 0 Å². The Morgan fingerprint density at radius 3 is 2.68 bits per heavy atom. The number of nitrogens with one attached hydrogen (secondary N) is 1. The van der Waals surface area contributed by atoms with Crippen LogP contribution in [0.1, 0.15) is 32.6 Å². The SMILES string of the molecule is CC1CCC2(CC1)NC(=O)N(CCOCCCl)C2=O. The molecule has 0 aromatic carbocycles. The molecule has 1 N–H and O–H groups in total. The maximum absolute atomic E-state index is 12.4. The fourth-order valence-corrected chi connectivity index (χ4v) is 2.89. The van der Waals surface area contributed by atoms with Gasteiger partial charge in [-0.1, -0.05) is 6.92 Å². The normalized spacial score (nSPS) is 31.1. The molecule has 108 valence electrons. The van der Waals surface area contributed by atoms with Gasteiger partial charge in [-0.25, -0.2) is 4.79 Å². The van der Waals surface area contributed by atoms with Crippen LogP contribution in [-0.2, 0) is 9.53 Å². The first-order valence-corrected chi connectivity index (χ1v) is 7.40. The predicted octanol–water partition coefficient (Wildman–Crippen LogP) is 1.74. The molecule has 6 heteroatoms. The highest BCUT2D eigenvalue weighted by atomic mass is 35.5. The number of carbonyl (C=O) groups is 2. The van der Waals surface area contributed by atoms with Crippen LogP contribution in [0.2, 0.25) is 0 Å². The van der Waals surface area contributed by atoms with Crippen LogP contribution in [0.5, 0.6) is 0 Å². The van der Waals surface area contributed by atoms with Crippen LogP contribution >= 0.6 is 11.6 Å². The highest BCUT2D eigenvalue weighted by Crippen LogP contribution is 2.36. The molecule has 2 fully saturated rings. The van der Waals surface area contributed by atoms with Gasteiger partial charge in [-0.3, -0.25) is 9.69 Å². The second-order valence-corrected chi connectivity index (χ2v) is 5.83. The topological polar surface area (TPSA) is 58.6 Å². The van der Waals surface area contributed by atoms with Crippen LogP contribution in [0.25, 0.3) is 0 Å². The Labute approximate surface area is 118 Å². The molecule has 0 bridgehead atoms. The summed E-state index contributed by atoms with van der Waals surface area (Å²) in [6.45, 7) is 3.27. The molecule has 0 atom stereocenters. The van der Waals surface area contributed by atoms with Gasteiger partial charge in [0.25, 0.3) is 5.91 Å². The average Bonchev–Trinajstić information content (AvgIpc) is 2.62. The van der Waals surface area contributed by atoms with Gasteiger partial charge in [0.05, 0.1) is 19.8 Å². The van der Waals surface area contributed by atoms with Crippen molar-refractivity contribution in [2.45, 2.75) is 38.1 Å². The molecule has 0 unspecified atom stereocenters. The predicted molar refractivity (Wildman–Crippen MR) is 72.1 cm³/mol. The standard InChI is InChI=1S/C13H21ClN2O3/c1-10-2-4-13(5-3-10)11(17)16(12(18)15-13)7-9-19-8-6-14/h10H,2-9H2,1H3,(H,15,18). The quantitative estimate of drug-likeness (QED) is 0.476. The largest absolute Gasteiger partial charge is 0.378 e. The average molecular weight is 289 g/mol. The molecule has 0 aromatic rings. The third-order valence-electron chi connectivity index (χ3n) is 4.05. The number of hydrogen-bond acceptors (Lipinski definition) is 3. The van der Waals surface area contributed by atoms with E-state index in [9.17, 15) is 9.59 Å². The number of ether oxygens (including phenoxy) is 1. The van der Waals surface area contributed by atoms with E-state index in [1.165, 1.54) is 4.90 Å². The van der Waals surface area contributed by atoms with Crippen molar-refractivity contribution < 1.29 is 14.3 Å². The smallest absolute Gasteiger partial charge is 0.325 e. The zero-order chi connectivity index (χ0) is 13.9. The van der Waals surface area contributed by atoms with Crippen molar-refractivity contribution in [1.82, 2.24) is 10.2 Å². The fourth-order valence-electron chi connectivity index (χ4n) is 2.79. The third-order valence-corrected chi connectivity index (χ3v) is 4.21. The van der Waals surface area contributed by atoms with Gasteiger partial charge in [-0.05, 0) is 31.6 Å². The summed E-state index contributed by atoms with van der Waals surface area (Å²) in [4.78, 5) is 25.6. The van der Waals surface area contributed by atoms with Crippen LogP contribution in [0, 0.1) is 5.92 Å². The van der Waals surface area contributed by atoms with Crippen LogP contribution in [0.3, 0.4) is 0 Å². The maximum Gasteiger partial charge on any atom is 0.325 e.